The number of hydrogen-bond acceptors (Lipinski definition) is 5. The Morgan fingerprint density at radius 2 is 1.94 bits per heavy atom. The molecule has 2 rings (SSSR count). The van der Waals surface area contributed by atoms with Crippen LogP contribution in [0.4, 0.5) is 5.95 Å². The third kappa shape index (κ3) is 2.38. The van der Waals surface area contributed by atoms with E-state index < -0.39 is 0 Å². The van der Waals surface area contributed by atoms with Gasteiger partial charge in [-0.05, 0) is 30.2 Å². The number of halogens is 1. The first kappa shape index (κ1) is 10.6. The number of ether oxygens (including phenoxy) is 1. The smallest absolute Gasteiger partial charge is 0.328 e. The van der Waals surface area contributed by atoms with E-state index in [0.717, 1.165) is 5.56 Å². The average molecular weight is 237 g/mol. The molecule has 0 saturated carbocycles. The van der Waals surface area contributed by atoms with Crippen molar-refractivity contribution in [1.29, 1.82) is 0 Å². The van der Waals surface area contributed by atoms with Gasteiger partial charge >= 0.3 is 6.01 Å². The molecule has 5 nitrogen and oxygen atoms in total. The molecule has 0 fully saturated rings. The van der Waals surface area contributed by atoms with Crippen molar-refractivity contribution in [2.24, 2.45) is 0 Å². The molecule has 0 atom stereocenters. The zero-order valence-electron chi connectivity index (χ0n) is 8.51. The molecule has 16 heavy (non-hydrogen) atoms. The van der Waals surface area contributed by atoms with E-state index in [1.165, 1.54) is 0 Å². The van der Waals surface area contributed by atoms with Gasteiger partial charge in [0.25, 0.3) is 0 Å². The van der Waals surface area contributed by atoms with Gasteiger partial charge in [0.2, 0.25) is 11.2 Å². The molecule has 1 aromatic heterocycles. The van der Waals surface area contributed by atoms with E-state index in [9.17, 15) is 0 Å². The molecular weight excluding hydrogens is 228 g/mol. The predicted octanol–water partition coefficient (Wildman–Crippen LogP) is 2.21. The van der Waals surface area contributed by atoms with Crippen molar-refractivity contribution in [3.05, 3.63) is 35.1 Å². The SMILES string of the molecule is Cc1ccccc1Oc1nc(N)nc(Cl)n1. The normalized spacial score (nSPS) is 10.1. The summed E-state index contributed by atoms with van der Waals surface area (Å²) >= 11 is 5.63. The molecular formula is C10H9ClN4O. The molecule has 2 aromatic rings. The second-order valence-electron chi connectivity index (χ2n) is 3.11. The quantitative estimate of drug-likeness (QED) is 0.865. The minimum Gasteiger partial charge on any atom is -0.424 e. The Labute approximate surface area is 97.3 Å². The molecule has 0 spiro atoms. The summed E-state index contributed by atoms with van der Waals surface area (Å²) < 4.78 is 5.44. The summed E-state index contributed by atoms with van der Waals surface area (Å²) in [6, 6.07) is 7.59. The van der Waals surface area contributed by atoms with E-state index in [1.807, 2.05) is 31.2 Å². The zero-order chi connectivity index (χ0) is 11.5. The van der Waals surface area contributed by atoms with Crippen molar-refractivity contribution >= 4 is 17.5 Å². The van der Waals surface area contributed by atoms with Crippen molar-refractivity contribution < 1.29 is 4.74 Å². The van der Waals surface area contributed by atoms with Crippen LogP contribution < -0.4 is 10.5 Å². The number of nitrogens with zero attached hydrogens (tertiary/aromatic N) is 3. The molecule has 82 valence electrons. The highest BCUT2D eigenvalue weighted by Gasteiger charge is 2.06. The van der Waals surface area contributed by atoms with Gasteiger partial charge in [-0.3, -0.25) is 0 Å². The van der Waals surface area contributed by atoms with Crippen LogP contribution in [0.1, 0.15) is 5.56 Å². The fraction of sp³-hybridized carbons (Fsp3) is 0.100. The van der Waals surface area contributed by atoms with E-state index >= 15 is 0 Å². The highest BCUT2D eigenvalue weighted by Crippen LogP contribution is 2.22. The zero-order valence-corrected chi connectivity index (χ0v) is 9.27. The van der Waals surface area contributed by atoms with Crippen molar-refractivity contribution in [1.82, 2.24) is 15.0 Å². The van der Waals surface area contributed by atoms with Crippen LogP contribution in [0.15, 0.2) is 24.3 Å². The maximum Gasteiger partial charge on any atom is 0.328 e. The van der Waals surface area contributed by atoms with E-state index in [2.05, 4.69) is 15.0 Å². The number of para-hydroxylation sites is 1. The molecule has 0 aliphatic carbocycles. The second kappa shape index (κ2) is 4.32. The molecule has 0 aliphatic rings. The number of aryl methyl sites for hydroxylation is 1. The van der Waals surface area contributed by atoms with Crippen LogP contribution >= 0.6 is 11.6 Å². The number of rotatable bonds is 2. The fourth-order valence-electron chi connectivity index (χ4n) is 1.16. The van der Waals surface area contributed by atoms with Crippen LogP contribution in [-0.2, 0) is 0 Å². The lowest BCUT2D eigenvalue weighted by Gasteiger charge is -2.06. The molecule has 0 radical (unpaired) electrons. The lowest BCUT2D eigenvalue weighted by atomic mass is 10.2. The van der Waals surface area contributed by atoms with E-state index in [1.54, 1.807) is 0 Å². The minimum atomic E-state index is 0.0103. The topological polar surface area (TPSA) is 73.9 Å². The maximum absolute atomic E-state index is 5.63. The Hall–Kier alpha value is -1.88. The van der Waals surface area contributed by atoms with Gasteiger partial charge in [-0.25, -0.2) is 0 Å². The molecule has 0 bridgehead atoms. The third-order valence-corrected chi connectivity index (χ3v) is 2.07. The van der Waals surface area contributed by atoms with Crippen molar-refractivity contribution in [2.45, 2.75) is 6.92 Å². The van der Waals surface area contributed by atoms with Crippen LogP contribution in [0, 0.1) is 6.92 Å². The lowest BCUT2D eigenvalue weighted by molar-refractivity contribution is 0.437. The van der Waals surface area contributed by atoms with Gasteiger partial charge in [0.05, 0.1) is 0 Å². The fourth-order valence-corrected chi connectivity index (χ4v) is 1.32. The summed E-state index contributed by atoms with van der Waals surface area (Å²) in [5.41, 5.74) is 6.39. The number of benzene rings is 1. The van der Waals surface area contributed by atoms with E-state index in [-0.39, 0.29) is 17.2 Å². The first-order chi connectivity index (χ1) is 7.65. The van der Waals surface area contributed by atoms with Crippen LogP contribution in [0.2, 0.25) is 5.28 Å². The highest BCUT2D eigenvalue weighted by atomic mass is 35.5. The van der Waals surface area contributed by atoms with Gasteiger partial charge in [-0.1, -0.05) is 18.2 Å². The Balaban J connectivity index is 2.30. The van der Waals surface area contributed by atoms with Gasteiger partial charge in [0.15, 0.2) is 0 Å². The second-order valence-corrected chi connectivity index (χ2v) is 3.45. The van der Waals surface area contributed by atoms with Crippen molar-refractivity contribution in [2.75, 3.05) is 5.73 Å². The summed E-state index contributed by atoms with van der Waals surface area (Å²) in [7, 11) is 0. The predicted molar refractivity (Wildman–Crippen MR) is 60.5 cm³/mol. The largest absolute Gasteiger partial charge is 0.424 e. The summed E-state index contributed by atoms with van der Waals surface area (Å²) in [6.07, 6.45) is 0. The van der Waals surface area contributed by atoms with Gasteiger partial charge in [-0.2, -0.15) is 15.0 Å². The molecule has 1 aromatic carbocycles. The molecule has 0 unspecified atom stereocenters. The van der Waals surface area contributed by atoms with Crippen LogP contribution in [0.5, 0.6) is 11.8 Å². The van der Waals surface area contributed by atoms with E-state index in [4.69, 9.17) is 22.1 Å². The molecule has 0 amide bonds. The molecule has 2 N–H and O–H groups in total. The summed E-state index contributed by atoms with van der Waals surface area (Å²) in [4.78, 5) is 11.3. The monoisotopic (exact) mass is 236 g/mol. The Morgan fingerprint density at radius 3 is 2.62 bits per heavy atom. The van der Waals surface area contributed by atoms with Crippen molar-refractivity contribution in [3.8, 4) is 11.8 Å². The number of nitrogens with two attached hydrogens (primary N) is 1. The van der Waals surface area contributed by atoms with Gasteiger partial charge < -0.3 is 10.5 Å². The standard InChI is InChI=1S/C10H9ClN4O/c1-6-4-2-3-5-7(6)16-10-14-8(11)13-9(12)15-10/h2-5H,1H3,(H2,12,13,14,15). The summed E-state index contributed by atoms with van der Waals surface area (Å²) in [6.45, 7) is 1.92. The van der Waals surface area contributed by atoms with Crippen molar-refractivity contribution in [3.63, 3.8) is 0 Å². The minimum absolute atomic E-state index is 0.0103. The highest BCUT2D eigenvalue weighted by molar-refractivity contribution is 6.28. The molecule has 0 saturated heterocycles. The number of anilines is 1. The maximum atomic E-state index is 5.63. The Bertz CT molecular complexity index is 498. The molecule has 1 heterocycles. The Kier molecular flexibility index (Phi) is 2.87. The van der Waals surface area contributed by atoms with Gasteiger partial charge in [0.1, 0.15) is 5.75 Å². The average Bonchev–Trinajstić information content (AvgIpc) is 2.20. The first-order valence-corrected chi connectivity index (χ1v) is 4.93. The molecule has 6 heteroatoms. The number of hydrogen-bond donors (Lipinski definition) is 1. The number of aromatic nitrogens is 3. The van der Waals surface area contributed by atoms with E-state index in [0.29, 0.717) is 5.75 Å². The first-order valence-electron chi connectivity index (χ1n) is 4.55. The summed E-state index contributed by atoms with van der Waals surface area (Å²) in [5.74, 6) is 0.688. The number of nitrogen functional groups attached to an aromatic ring is 1. The van der Waals surface area contributed by atoms with Gasteiger partial charge in [-0.15, -0.1) is 0 Å². The lowest BCUT2D eigenvalue weighted by Crippen LogP contribution is -2.00. The van der Waals surface area contributed by atoms with Crippen LogP contribution in [0.25, 0.3) is 0 Å². The van der Waals surface area contributed by atoms with Gasteiger partial charge in [0, 0.05) is 0 Å². The Morgan fingerprint density at radius 1 is 1.19 bits per heavy atom. The molecule has 0 aliphatic heterocycles. The summed E-state index contributed by atoms with van der Waals surface area (Å²) in [5, 5.41) is 0.0103. The third-order valence-electron chi connectivity index (χ3n) is 1.90. The van der Waals surface area contributed by atoms with Crippen LogP contribution in [0.3, 0.4) is 0 Å². The van der Waals surface area contributed by atoms with Crippen LogP contribution in [-0.4, -0.2) is 15.0 Å².